The largest absolute Gasteiger partial charge is 0.494 e. The van der Waals surface area contributed by atoms with E-state index in [9.17, 15) is 4.79 Å². The summed E-state index contributed by atoms with van der Waals surface area (Å²) in [6.07, 6.45) is 5.21. The molecule has 1 fully saturated rings. The van der Waals surface area contributed by atoms with Crippen LogP contribution in [0.25, 0.3) is 0 Å². The number of aromatic nitrogens is 2. The Kier molecular flexibility index (Phi) is 3.03. The van der Waals surface area contributed by atoms with Gasteiger partial charge in [0.05, 0.1) is 26.6 Å². The van der Waals surface area contributed by atoms with Crippen LogP contribution in [0.15, 0.2) is 12.4 Å². The molecule has 5 heteroatoms. The van der Waals surface area contributed by atoms with E-state index in [1.54, 1.807) is 19.5 Å². The summed E-state index contributed by atoms with van der Waals surface area (Å²) in [5.41, 5.74) is 0. The standard InChI is InChI=1S/C11H14N2O3/c1-15-8-5-12-10(13-6-8)9(7-3-4-7)11(14)16-2/h5-7,9H,3-4H2,1-2H3. The van der Waals surface area contributed by atoms with Crippen LogP contribution >= 0.6 is 0 Å². The zero-order chi connectivity index (χ0) is 11.5. The molecule has 0 bridgehead atoms. The van der Waals surface area contributed by atoms with E-state index < -0.39 is 0 Å². The van der Waals surface area contributed by atoms with Gasteiger partial charge in [-0.25, -0.2) is 9.97 Å². The first-order valence-electron chi connectivity index (χ1n) is 5.20. The van der Waals surface area contributed by atoms with Gasteiger partial charge in [-0.1, -0.05) is 0 Å². The number of ether oxygens (including phenoxy) is 2. The Morgan fingerprint density at radius 3 is 2.44 bits per heavy atom. The summed E-state index contributed by atoms with van der Waals surface area (Å²) in [5.74, 6) is 0.864. The lowest BCUT2D eigenvalue weighted by molar-refractivity contribution is -0.143. The van der Waals surface area contributed by atoms with Crippen molar-refractivity contribution in [2.24, 2.45) is 5.92 Å². The summed E-state index contributed by atoms with van der Waals surface area (Å²) >= 11 is 0. The summed E-state index contributed by atoms with van der Waals surface area (Å²) in [6.45, 7) is 0. The SMILES string of the molecule is COC(=O)C(c1ncc(OC)cn1)C1CC1. The topological polar surface area (TPSA) is 61.3 Å². The van der Waals surface area contributed by atoms with Crippen molar-refractivity contribution in [3.63, 3.8) is 0 Å². The average molecular weight is 222 g/mol. The van der Waals surface area contributed by atoms with Crippen LogP contribution in [0.3, 0.4) is 0 Å². The van der Waals surface area contributed by atoms with E-state index >= 15 is 0 Å². The predicted octanol–water partition coefficient (Wildman–Crippen LogP) is 1.15. The molecule has 1 aromatic rings. The summed E-state index contributed by atoms with van der Waals surface area (Å²) in [4.78, 5) is 19.9. The molecule has 0 radical (unpaired) electrons. The number of methoxy groups -OCH3 is 2. The fourth-order valence-corrected chi connectivity index (χ4v) is 1.66. The highest BCUT2D eigenvalue weighted by Gasteiger charge is 2.40. The molecule has 1 atom stereocenters. The molecule has 1 unspecified atom stereocenters. The second kappa shape index (κ2) is 4.47. The van der Waals surface area contributed by atoms with Crippen LogP contribution in [0, 0.1) is 5.92 Å². The maximum absolute atomic E-state index is 11.6. The highest BCUT2D eigenvalue weighted by Crippen LogP contribution is 2.42. The lowest BCUT2D eigenvalue weighted by Crippen LogP contribution is -2.18. The Morgan fingerprint density at radius 2 is 2.00 bits per heavy atom. The molecule has 1 aliphatic rings. The second-order valence-electron chi connectivity index (χ2n) is 3.82. The molecule has 16 heavy (non-hydrogen) atoms. The van der Waals surface area contributed by atoms with Crippen molar-refractivity contribution in [2.75, 3.05) is 14.2 Å². The molecule has 1 aromatic heterocycles. The van der Waals surface area contributed by atoms with Gasteiger partial charge < -0.3 is 9.47 Å². The number of carbonyl (C=O) groups excluding carboxylic acids is 1. The van der Waals surface area contributed by atoms with Crippen molar-refractivity contribution in [1.29, 1.82) is 0 Å². The summed E-state index contributed by atoms with van der Waals surface area (Å²) in [5, 5.41) is 0. The predicted molar refractivity (Wildman–Crippen MR) is 56.1 cm³/mol. The molecule has 0 aliphatic heterocycles. The van der Waals surface area contributed by atoms with Gasteiger partial charge in [0.25, 0.3) is 0 Å². The highest BCUT2D eigenvalue weighted by molar-refractivity contribution is 5.77. The van der Waals surface area contributed by atoms with Crippen molar-refractivity contribution < 1.29 is 14.3 Å². The first kappa shape index (κ1) is 10.9. The van der Waals surface area contributed by atoms with Gasteiger partial charge in [0.1, 0.15) is 11.7 Å². The lowest BCUT2D eigenvalue weighted by Gasteiger charge is -2.12. The minimum atomic E-state index is -0.323. The van der Waals surface area contributed by atoms with Crippen molar-refractivity contribution in [3.8, 4) is 5.75 Å². The van der Waals surface area contributed by atoms with Crippen LogP contribution in [0.5, 0.6) is 5.75 Å². The minimum absolute atomic E-state index is 0.257. The molecule has 0 N–H and O–H groups in total. The Morgan fingerprint density at radius 1 is 1.38 bits per heavy atom. The molecule has 0 amide bonds. The zero-order valence-electron chi connectivity index (χ0n) is 9.34. The number of esters is 1. The van der Waals surface area contributed by atoms with E-state index in [1.165, 1.54) is 7.11 Å². The quantitative estimate of drug-likeness (QED) is 0.715. The molecule has 0 aromatic carbocycles. The van der Waals surface area contributed by atoms with Crippen LogP contribution in [0.4, 0.5) is 0 Å². The van der Waals surface area contributed by atoms with Crippen LogP contribution in [-0.2, 0) is 9.53 Å². The summed E-state index contributed by atoms with van der Waals surface area (Å²) in [6, 6.07) is 0. The third kappa shape index (κ3) is 2.13. The molecule has 0 saturated heterocycles. The maximum atomic E-state index is 11.6. The van der Waals surface area contributed by atoms with E-state index in [-0.39, 0.29) is 11.9 Å². The molecular formula is C11H14N2O3. The molecule has 2 rings (SSSR count). The molecule has 1 heterocycles. The van der Waals surface area contributed by atoms with Crippen LogP contribution in [0.2, 0.25) is 0 Å². The van der Waals surface area contributed by atoms with Gasteiger partial charge in [-0.05, 0) is 18.8 Å². The Bertz CT molecular complexity index is 373. The third-order valence-corrected chi connectivity index (χ3v) is 2.71. The second-order valence-corrected chi connectivity index (χ2v) is 3.82. The third-order valence-electron chi connectivity index (χ3n) is 2.71. The smallest absolute Gasteiger partial charge is 0.316 e. The van der Waals surface area contributed by atoms with Gasteiger partial charge in [0, 0.05) is 0 Å². The summed E-state index contributed by atoms with van der Waals surface area (Å²) < 4.78 is 9.75. The first-order valence-corrected chi connectivity index (χ1v) is 5.20. The van der Waals surface area contributed by atoms with E-state index in [0.29, 0.717) is 17.5 Å². The van der Waals surface area contributed by atoms with Crippen LogP contribution in [0.1, 0.15) is 24.6 Å². The fourth-order valence-electron chi connectivity index (χ4n) is 1.66. The number of nitrogens with zero attached hydrogens (tertiary/aromatic N) is 2. The van der Waals surface area contributed by atoms with Gasteiger partial charge >= 0.3 is 5.97 Å². The summed E-state index contributed by atoms with van der Waals surface area (Å²) in [7, 11) is 2.94. The molecule has 1 aliphatic carbocycles. The molecule has 0 spiro atoms. The lowest BCUT2D eigenvalue weighted by atomic mass is 10.0. The Labute approximate surface area is 93.8 Å². The molecule has 5 nitrogen and oxygen atoms in total. The monoisotopic (exact) mass is 222 g/mol. The van der Waals surface area contributed by atoms with Crippen LogP contribution in [-0.4, -0.2) is 30.2 Å². The number of hydrogen-bond acceptors (Lipinski definition) is 5. The fraction of sp³-hybridized carbons (Fsp3) is 0.545. The normalized spacial score (nSPS) is 16.6. The van der Waals surface area contributed by atoms with E-state index in [2.05, 4.69) is 9.97 Å². The van der Waals surface area contributed by atoms with Gasteiger partial charge in [0.2, 0.25) is 0 Å². The highest BCUT2D eigenvalue weighted by atomic mass is 16.5. The average Bonchev–Trinajstić information content (AvgIpc) is 3.14. The van der Waals surface area contributed by atoms with Crippen molar-refractivity contribution in [2.45, 2.75) is 18.8 Å². The first-order chi connectivity index (χ1) is 7.76. The van der Waals surface area contributed by atoms with Gasteiger partial charge in [0.15, 0.2) is 5.75 Å². The van der Waals surface area contributed by atoms with E-state index in [0.717, 1.165) is 12.8 Å². The van der Waals surface area contributed by atoms with Crippen molar-refractivity contribution in [1.82, 2.24) is 9.97 Å². The van der Waals surface area contributed by atoms with Crippen LogP contribution < -0.4 is 4.74 Å². The number of hydrogen-bond donors (Lipinski definition) is 0. The van der Waals surface area contributed by atoms with Crippen molar-refractivity contribution in [3.05, 3.63) is 18.2 Å². The molecular weight excluding hydrogens is 208 g/mol. The van der Waals surface area contributed by atoms with Gasteiger partial charge in [-0.15, -0.1) is 0 Å². The number of rotatable bonds is 4. The van der Waals surface area contributed by atoms with Gasteiger partial charge in [-0.3, -0.25) is 4.79 Å². The van der Waals surface area contributed by atoms with E-state index in [1.807, 2.05) is 0 Å². The van der Waals surface area contributed by atoms with Gasteiger partial charge in [-0.2, -0.15) is 0 Å². The van der Waals surface area contributed by atoms with E-state index in [4.69, 9.17) is 9.47 Å². The Hall–Kier alpha value is -1.65. The maximum Gasteiger partial charge on any atom is 0.316 e. The Balaban J connectivity index is 2.21. The number of carbonyl (C=O) groups is 1. The van der Waals surface area contributed by atoms with Crippen molar-refractivity contribution >= 4 is 5.97 Å². The molecule has 1 saturated carbocycles. The zero-order valence-corrected chi connectivity index (χ0v) is 9.34. The minimum Gasteiger partial charge on any atom is -0.494 e. The molecule has 86 valence electrons.